The first-order chi connectivity index (χ1) is 14.7. The minimum Gasteiger partial charge on any atom is -0.444 e. The lowest BCUT2D eigenvalue weighted by molar-refractivity contribution is 0.00578. The molecule has 0 spiro atoms. The second-order valence-corrected chi connectivity index (χ2v) is 12.2. The quantitative estimate of drug-likeness (QED) is 0.724. The molecule has 2 aromatic rings. The highest BCUT2D eigenvalue weighted by atomic mass is 16.7. The minimum atomic E-state index is -0.517. The molecular weight excluding hydrogens is 405 g/mol. The maximum absolute atomic E-state index is 13.0. The zero-order valence-corrected chi connectivity index (χ0v) is 20.1. The van der Waals surface area contributed by atoms with Gasteiger partial charge in [-0.3, -0.25) is 4.90 Å². The third-order valence-corrected chi connectivity index (χ3v) is 8.46. The largest absolute Gasteiger partial charge is 0.494 e. The van der Waals surface area contributed by atoms with Gasteiger partial charge >= 0.3 is 13.2 Å². The Morgan fingerprint density at radius 2 is 1.75 bits per heavy atom. The predicted molar refractivity (Wildman–Crippen MR) is 121 cm³/mol. The van der Waals surface area contributed by atoms with E-state index in [1.807, 2.05) is 37.8 Å². The summed E-state index contributed by atoms with van der Waals surface area (Å²) in [7, 11) is -0.419. The fraction of sp³-hybridized carbons (Fsp3) is 0.667. The summed E-state index contributed by atoms with van der Waals surface area (Å²) in [6.07, 6.45) is -0.236. The van der Waals surface area contributed by atoms with E-state index >= 15 is 0 Å². The van der Waals surface area contributed by atoms with Gasteiger partial charge in [0.15, 0.2) is 0 Å². The van der Waals surface area contributed by atoms with E-state index < -0.39 is 12.7 Å². The van der Waals surface area contributed by atoms with Gasteiger partial charge in [-0.1, -0.05) is 13.0 Å². The molecule has 5 fully saturated rings. The van der Waals surface area contributed by atoms with Crippen molar-refractivity contribution in [3.8, 4) is 0 Å². The van der Waals surface area contributed by atoms with E-state index in [2.05, 4.69) is 45.7 Å². The lowest BCUT2D eigenvalue weighted by Crippen LogP contribution is -2.41. The number of benzene rings is 1. The van der Waals surface area contributed by atoms with E-state index in [1.54, 1.807) is 0 Å². The summed E-state index contributed by atoms with van der Waals surface area (Å²) < 4.78 is 18.2. The number of ether oxygens (including phenoxy) is 1. The van der Waals surface area contributed by atoms with Crippen molar-refractivity contribution >= 4 is 29.7 Å². The molecule has 32 heavy (non-hydrogen) atoms. The van der Waals surface area contributed by atoms with Crippen LogP contribution in [0.3, 0.4) is 0 Å². The van der Waals surface area contributed by atoms with E-state index in [-0.39, 0.29) is 34.8 Å². The van der Waals surface area contributed by atoms with Crippen molar-refractivity contribution in [3.63, 3.8) is 0 Å². The number of imidazole rings is 1. The van der Waals surface area contributed by atoms with E-state index in [1.165, 1.54) is 0 Å². The van der Waals surface area contributed by atoms with Crippen LogP contribution in [0.5, 0.6) is 0 Å². The van der Waals surface area contributed by atoms with Gasteiger partial charge < -0.3 is 19.0 Å². The normalized spacial score (nSPS) is 35.9. The molecule has 0 radical (unpaired) electrons. The van der Waals surface area contributed by atoms with Crippen LogP contribution in [-0.2, 0) is 14.0 Å². The Morgan fingerprint density at radius 3 is 2.34 bits per heavy atom. The van der Waals surface area contributed by atoms with Gasteiger partial charge in [-0.25, -0.2) is 9.78 Å². The summed E-state index contributed by atoms with van der Waals surface area (Å²) in [5.41, 5.74) is 1.72. The molecule has 4 heterocycles. The van der Waals surface area contributed by atoms with Crippen molar-refractivity contribution in [2.45, 2.75) is 84.3 Å². The molecule has 1 aromatic heterocycles. The summed E-state index contributed by atoms with van der Waals surface area (Å²) in [5.74, 6) is 1.88. The number of amides is 1. The summed E-state index contributed by atoms with van der Waals surface area (Å²) >= 11 is 0. The zero-order valence-electron chi connectivity index (χ0n) is 20.1. The number of rotatable bonds is 2. The molecule has 170 valence electrons. The smallest absolute Gasteiger partial charge is 0.444 e. The summed E-state index contributed by atoms with van der Waals surface area (Å²) in [6, 6.07) is 6.29. The zero-order chi connectivity index (χ0) is 23.0. The van der Waals surface area contributed by atoms with Crippen LogP contribution in [0.1, 0.15) is 67.3 Å². The van der Waals surface area contributed by atoms with Crippen LogP contribution in [0, 0.1) is 17.3 Å². The third kappa shape index (κ3) is 2.56. The van der Waals surface area contributed by atoms with Gasteiger partial charge in [-0.15, -0.1) is 0 Å². The first-order valence-electron chi connectivity index (χ1n) is 11.6. The van der Waals surface area contributed by atoms with Crippen molar-refractivity contribution in [2.75, 3.05) is 0 Å². The number of nitrogens with zero attached hydrogens (tertiary/aromatic N) is 2. The van der Waals surface area contributed by atoms with Gasteiger partial charge in [0.1, 0.15) is 11.4 Å². The molecule has 2 aliphatic carbocycles. The Bertz CT molecular complexity index is 1140. The Kier molecular flexibility index (Phi) is 3.66. The lowest BCUT2D eigenvalue weighted by Gasteiger charge is -2.32. The number of aromatic nitrogens is 2. The molecule has 1 amide bonds. The number of carbonyl (C=O) groups is 1. The molecule has 7 nitrogen and oxygen atoms in total. The van der Waals surface area contributed by atoms with Gasteiger partial charge in [0.2, 0.25) is 0 Å². The second-order valence-electron chi connectivity index (χ2n) is 12.2. The fourth-order valence-electron chi connectivity index (χ4n) is 5.93. The first-order valence-corrected chi connectivity index (χ1v) is 11.6. The average Bonchev–Trinajstić information content (AvgIpc) is 3.14. The molecule has 2 saturated carbocycles. The molecule has 5 atom stereocenters. The van der Waals surface area contributed by atoms with Crippen LogP contribution in [0.2, 0.25) is 0 Å². The van der Waals surface area contributed by atoms with Crippen LogP contribution in [0.25, 0.3) is 11.0 Å². The monoisotopic (exact) mass is 437 g/mol. The lowest BCUT2D eigenvalue weighted by atomic mass is 9.79. The SMILES string of the molecule is CC(C)(C)OC(=O)N1[C@H](c2nc3ccc(B4OC(C)(C)C(C)(C)O4)cc3[nH]2)C2[C@@H]3[C@H]1[C@]23C. The Hall–Kier alpha value is -2.06. The fourth-order valence-corrected chi connectivity index (χ4v) is 5.93. The standard InChI is InChI=1S/C24H32BN3O4/c1-21(2,3)30-20(29)28-17(15-16-18(28)24(15,16)8)19-26-13-10-9-12(11-14(13)27-19)25-31-22(4,5)23(6,7)32-25/h9-11,15-18H,1-8H3,(H,26,27)/t15?,16-,17+,18+,24-/m1/s1. The average molecular weight is 437 g/mol. The molecular formula is C24H32BN3O4. The maximum atomic E-state index is 13.0. The number of fused-ring (bicyclic) bond motifs is 2. The Balaban J connectivity index is 1.31. The third-order valence-electron chi connectivity index (χ3n) is 8.46. The molecule has 3 saturated heterocycles. The van der Waals surface area contributed by atoms with Crippen molar-refractivity contribution in [2.24, 2.45) is 17.3 Å². The summed E-state index contributed by atoms with van der Waals surface area (Å²) in [4.78, 5) is 23.4. The highest BCUT2D eigenvalue weighted by Gasteiger charge is 2.94. The van der Waals surface area contributed by atoms with Gasteiger partial charge in [0.05, 0.1) is 28.3 Å². The molecule has 1 unspecified atom stereocenters. The van der Waals surface area contributed by atoms with Crippen molar-refractivity contribution in [1.29, 1.82) is 0 Å². The summed E-state index contributed by atoms with van der Waals surface area (Å²) in [5, 5.41) is 0. The van der Waals surface area contributed by atoms with Gasteiger partial charge in [0, 0.05) is 6.04 Å². The second kappa shape index (κ2) is 5.71. The number of nitrogens with one attached hydrogen (secondary N) is 1. The number of carbonyl (C=O) groups excluding carboxylic acids is 1. The van der Waals surface area contributed by atoms with E-state index in [9.17, 15) is 4.79 Å². The molecule has 5 aliphatic rings. The molecule has 8 heteroatoms. The van der Waals surface area contributed by atoms with Crippen molar-refractivity contribution in [3.05, 3.63) is 24.0 Å². The van der Waals surface area contributed by atoms with Crippen molar-refractivity contribution < 1.29 is 18.8 Å². The number of H-pyrrole nitrogens is 1. The molecule has 1 aromatic carbocycles. The number of aromatic amines is 1. The van der Waals surface area contributed by atoms with Crippen LogP contribution in [0.4, 0.5) is 4.79 Å². The van der Waals surface area contributed by atoms with Gasteiger partial charge in [0.25, 0.3) is 0 Å². The molecule has 1 N–H and O–H groups in total. The highest BCUT2D eigenvalue weighted by molar-refractivity contribution is 6.62. The van der Waals surface area contributed by atoms with E-state index in [0.717, 1.165) is 22.3 Å². The highest BCUT2D eigenvalue weighted by Crippen LogP contribution is 2.90. The van der Waals surface area contributed by atoms with Crippen LogP contribution >= 0.6 is 0 Å². The first kappa shape index (κ1) is 20.5. The van der Waals surface area contributed by atoms with Gasteiger partial charge in [-0.05, 0) is 83.3 Å². The number of hydrogen-bond donors (Lipinski definition) is 1. The van der Waals surface area contributed by atoms with Crippen LogP contribution in [-0.4, -0.2) is 50.9 Å². The van der Waals surface area contributed by atoms with E-state index in [4.69, 9.17) is 19.0 Å². The summed E-state index contributed by atoms with van der Waals surface area (Å²) in [6.45, 7) is 16.2. The Morgan fingerprint density at radius 1 is 1.12 bits per heavy atom. The van der Waals surface area contributed by atoms with E-state index in [0.29, 0.717) is 11.8 Å². The molecule has 3 aliphatic heterocycles. The van der Waals surface area contributed by atoms with Gasteiger partial charge in [-0.2, -0.15) is 0 Å². The topological polar surface area (TPSA) is 76.7 Å². The van der Waals surface area contributed by atoms with Crippen molar-refractivity contribution in [1.82, 2.24) is 14.9 Å². The number of piperidine rings is 1. The molecule has 2 bridgehead atoms. The minimum absolute atomic E-state index is 0.0578. The van der Waals surface area contributed by atoms with Crippen LogP contribution < -0.4 is 5.46 Å². The Labute approximate surface area is 189 Å². The van der Waals surface area contributed by atoms with Crippen LogP contribution in [0.15, 0.2) is 18.2 Å². The maximum Gasteiger partial charge on any atom is 0.494 e. The molecule has 7 rings (SSSR count). The number of hydrogen-bond acceptors (Lipinski definition) is 5. The predicted octanol–water partition coefficient (Wildman–Crippen LogP) is 3.79.